The molecule has 2 aromatic rings. The second kappa shape index (κ2) is 5.69. The first-order valence-electron chi connectivity index (χ1n) is 7.32. The van der Waals surface area contributed by atoms with E-state index in [0.717, 1.165) is 36.1 Å². The van der Waals surface area contributed by atoms with Gasteiger partial charge in [0.15, 0.2) is 0 Å². The lowest BCUT2D eigenvalue weighted by atomic mass is 10.1. The lowest BCUT2D eigenvalue weighted by Crippen LogP contribution is -2.34. The maximum atomic E-state index is 12.3. The number of nitrogens with one attached hydrogen (secondary N) is 2. The summed E-state index contributed by atoms with van der Waals surface area (Å²) >= 11 is 0. The summed E-state index contributed by atoms with van der Waals surface area (Å²) in [5.74, 6) is -0.0960. The van der Waals surface area contributed by atoms with E-state index in [9.17, 15) is 4.79 Å². The Labute approximate surface area is 123 Å². The number of hydrogen-bond acceptors (Lipinski definition) is 3. The number of carbonyl (C=O) groups is 1. The number of nitrogens with zero attached hydrogens (tertiary/aromatic N) is 1. The van der Waals surface area contributed by atoms with Crippen molar-refractivity contribution >= 4 is 5.91 Å². The van der Waals surface area contributed by atoms with Crippen molar-refractivity contribution in [3.05, 3.63) is 41.6 Å². The molecule has 1 aromatic carbocycles. The van der Waals surface area contributed by atoms with Gasteiger partial charge in [0.05, 0.1) is 5.69 Å². The van der Waals surface area contributed by atoms with Gasteiger partial charge in [0.1, 0.15) is 5.69 Å². The Morgan fingerprint density at radius 1 is 1.33 bits per heavy atom. The van der Waals surface area contributed by atoms with Crippen molar-refractivity contribution in [3.8, 4) is 11.3 Å². The lowest BCUT2D eigenvalue weighted by molar-refractivity contribution is 0.0932. The molecule has 1 heterocycles. The van der Waals surface area contributed by atoms with Gasteiger partial charge in [-0.15, -0.1) is 0 Å². The SMILES string of the molecule is Cc1c(-c2ccccc2)n[nH]c1C(=O)N[C@@H]1CC[C@@H](N)C1. The summed E-state index contributed by atoms with van der Waals surface area (Å²) in [5.41, 5.74) is 9.12. The molecule has 1 aromatic heterocycles. The molecular weight excluding hydrogens is 264 g/mol. The van der Waals surface area contributed by atoms with Gasteiger partial charge in [0.2, 0.25) is 0 Å². The Morgan fingerprint density at radius 2 is 2.10 bits per heavy atom. The molecule has 5 nitrogen and oxygen atoms in total. The second-order valence-electron chi connectivity index (χ2n) is 5.68. The summed E-state index contributed by atoms with van der Waals surface area (Å²) < 4.78 is 0. The van der Waals surface area contributed by atoms with Crippen LogP contribution in [0.15, 0.2) is 30.3 Å². The highest BCUT2D eigenvalue weighted by Gasteiger charge is 2.25. The van der Waals surface area contributed by atoms with Crippen molar-refractivity contribution in [2.24, 2.45) is 5.73 Å². The van der Waals surface area contributed by atoms with Crippen LogP contribution in [-0.4, -0.2) is 28.2 Å². The van der Waals surface area contributed by atoms with Crippen LogP contribution in [0.1, 0.15) is 35.3 Å². The highest BCUT2D eigenvalue weighted by atomic mass is 16.2. The molecule has 1 aliphatic rings. The number of rotatable bonds is 3. The first kappa shape index (κ1) is 13.8. The van der Waals surface area contributed by atoms with Crippen LogP contribution in [0, 0.1) is 6.92 Å². The molecular formula is C16H20N4O. The molecule has 110 valence electrons. The standard InChI is InChI=1S/C16H20N4O/c1-10-14(11-5-3-2-4-6-11)19-20-15(10)16(21)18-13-8-7-12(17)9-13/h2-6,12-13H,7-9,17H2,1H3,(H,18,21)(H,19,20)/t12-,13-/m1/s1. The largest absolute Gasteiger partial charge is 0.348 e. The van der Waals surface area contributed by atoms with Gasteiger partial charge in [-0.25, -0.2) is 0 Å². The fourth-order valence-electron chi connectivity index (χ4n) is 2.90. The van der Waals surface area contributed by atoms with Crippen LogP contribution in [0.3, 0.4) is 0 Å². The Morgan fingerprint density at radius 3 is 2.76 bits per heavy atom. The van der Waals surface area contributed by atoms with Gasteiger partial charge in [-0.2, -0.15) is 5.10 Å². The molecule has 0 saturated heterocycles. The highest BCUT2D eigenvalue weighted by Crippen LogP contribution is 2.23. The normalized spacial score (nSPS) is 21.4. The number of aromatic nitrogens is 2. The van der Waals surface area contributed by atoms with E-state index in [4.69, 9.17) is 5.73 Å². The minimum atomic E-state index is -0.0960. The van der Waals surface area contributed by atoms with Crippen molar-refractivity contribution in [3.63, 3.8) is 0 Å². The first-order chi connectivity index (χ1) is 10.1. The third-order valence-electron chi connectivity index (χ3n) is 4.09. The average Bonchev–Trinajstić information content (AvgIpc) is 3.06. The van der Waals surface area contributed by atoms with Crippen LogP contribution in [0.2, 0.25) is 0 Å². The summed E-state index contributed by atoms with van der Waals surface area (Å²) in [5, 5.41) is 10.2. The van der Waals surface area contributed by atoms with Crippen LogP contribution >= 0.6 is 0 Å². The van der Waals surface area contributed by atoms with Crippen LogP contribution < -0.4 is 11.1 Å². The minimum Gasteiger partial charge on any atom is -0.348 e. The third kappa shape index (κ3) is 2.83. The van der Waals surface area contributed by atoms with Crippen molar-refractivity contribution in [2.45, 2.75) is 38.3 Å². The van der Waals surface area contributed by atoms with Gasteiger partial charge in [-0.3, -0.25) is 9.89 Å². The topological polar surface area (TPSA) is 83.8 Å². The number of benzene rings is 1. The van der Waals surface area contributed by atoms with Crippen molar-refractivity contribution in [2.75, 3.05) is 0 Å². The molecule has 0 aliphatic heterocycles. The predicted molar refractivity (Wildman–Crippen MR) is 81.8 cm³/mol. The molecule has 3 rings (SSSR count). The van der Waals surface area contributed by atoms with Crippen LogP contribution in [0.5, 0.6) is 0 Å². The quantitative estimate of drug-likeness (QED) is 0.806. The number of amides is 1. The summed E-state index contributed by atoms with van der Waals surface area (Å²) in [4.78, 5) is 12.3. The first-order valence-corrected chi connectivity index (χ1v) is 7.32. The highest BCUT2D eigenvalue weighted by molar-refractivity contribution is 5.95. The average molecular weight is 284 g/mol. The zero-order valence-electron chi connectivity index (χ0n) is 12.1. The molecule has 5 heteroatoms. The Kier molecular flexibility index (Phi) is 3.75. The molecule has 4 N–H and O–H groups in total. The van der Waals surface area contributed by atoms with Crippen molar-refractivity contribution < 1.29 is 4.79 Å². The fraction of sp³-hybridized carbons (Fsp3) is 0.375. The predicted octanol–water partition coefficient (Wildman–Crippen LogP) is 1.99. The Hall–Kier alpha value is -2.14. The molecule has 1 saturated carbocycles. The number of H-pyrrole nitrogens is 1. The monoisotopic (exact) mass is 284 g/mol. The number of carbonyl (C=O) groups excluding carboxylic acids is 1. The molecule has 0 spiro atoms. The van der Waals surface area contributed by atoms with E-state index in [0.29, 0.717) is 5.69 Å². The molecule has 0 radical (unpaired) electrons. The summed E-state index contributed by atoms with van der Waals surface area (Å²) in [6.07, 6.45) is 2.78. The zero-order valence-corrected chi connectivity index (χ0v) is 12.1. The van der Waals surface area contributed by atoms with Gasteiger partial charge in [0.25, 0.3) is 5.91 Å². The Balaban J connectivity index is 1.77. The zero-order chi connectivity index (χ0) is 14.8. The Bertz CT molecular complexity index is 635. The molecule has 2 atom stereocenters. The summed E-state index contributed by atoms with van der Waals surface area (Å²) in [6.45, 7) is 1.92. The summed E-state index contributed by atoms with van der Waals surface area (Å²) in [6, 6.07) is 10.2. The van der Waals surface area contributed by atoms with Crippen LogP contribution in [0.25, 0.3) is 11.3 Å². The van der Waals surface area contributed by atoms with Gasteiger partial charge in [0, 0.05) is 23.2 Å². The smallest absolute Gasteiger partial charge is 0.269 e. The molecule has 1 aliphatic carbocycles. The maximum Gasteiger partial charge on any atom is 0.269 e. The van der Waals surface area contributed by atoms with Crippen LogP contribution in [0.4, 0.5) is 0 Å². The molecule has 0 unspecified atom stereocenters. The van der Waals surface area contributed by atoms with E-state index in [1.165, 1.54) is 0 Å². The second-order valence-corrected chi connectivity index (χ2v) is 5.68. The van der Waals surface area contributed by atoms with E-state index in [1.807, 2.05) is 37.3 Å². The molecule has 0 bridgehead atoms. The van der Waals surface area contributed by atoms with Crippen molar-refractivity contribution in [1.29, 1.82) is 0 Å². The number of nitrogens with two attached hydrogens (primary N) is 1. The number of hydrogen-bond donors (Lipinski definition) is 3. The van der Waals surface area contributed by atoms with E-state index >= 15 is 0 Å². The van der Waals surface area contributed by atoms with E-state index in [-0.39, 0.29) is 18.0 Å². The van der Waals surface area contributed by atoms with Gasteiger partial charge in [-0.05, 0) is 26.2 Å². The van der Waals surface area contributed by atoms with Crippen molar-refractivity contribution in [1.82, 2.24) is 15.5 Å². The molecule has 1 fully saturated rings. The molecule has 21 heavy (non-hydrogen) atoms. The van der Waals surface area contributed by atoms with E-state index in [2.05, 4.69) is 15.5 Å². The van der Waals surface area contributed by atoms with Gasteiger partial charge in [-0.1, -0.05) is 30.3 Å². The maximum absolute atomic E-state index is 12.3. The number of aromatic amines is 1. The van der Waals surface area contributed by atoms with E-state index < -0.39 is 0 Å². The molecule has 1 amide bonds. The van der Waals surface area contributed by atoms with Crippen LogP contribution in [-0.2, 0) is 0 Å². The van der Waals surface area contributed by atoms with Gasteiger partial charge >= 0.3 is 0 Å². The fourth-order valence-corrected chi connectivity index (χ4v) is 2.90. The van der Waals surface area contributed by atoms with Gasteiger partial charge < -0.3 is 11.1 Å². The third-order valence-corrected chi connectivity index (χ3v) is 4.09. The minimum absolute atomic E-state index is 0.0960. The van der Waals surface area contributed by atoms with E-state index in [1.54, 1.807) is 0 Å². The lowest BCUT2D eigenvalue weighted by Gasteiger charge is -2.11. The summed E-state index contributed by atoms with van der Waals surface area (Å²) in [7, 11) is 0.